The molecule has 144 valence electrons. The minimum atomic E-state index is -0.585. The van der Waals surface area contributed by atoms with E-state index in [2.05, 4.69) is 12.1 Å². The van der Waals surface area contributed by atoms with Crippen LogP contribution in [-0.4, -0.2) is 28.9 Å². The standard InChI is InChI=1S/C22H26O3S2/c1-22(2,27-16-18-12-8-5-9-13-18)21(24)19(14-20(23)25-3)26-15-17-10-6-4-7-11-17/h4-13,19H,14-16H2,1-3H3. The molecule has 2 rings (SSSR count). The second-order valence-corrected chi connectivity index (χ2v) is 9.50. The molecule has 0 amide bonds. The molecule has 0 radical (unpaired) electrons. The largest absolute Gasteiger partial charge is 0.469 e. The van der Waals surface area contributed by atoms with Gasteiger partial charge in [0.1, 0.15) is 0 Å². The summed E-state index contributed by atoms with van der Waals surface area (Å²) in [5, 5.41) is -0.420. The molecule has 0 aliphatic rings. The molecule has 5 heteroatoms. The van der Waals surface area contributed by atoms with Gasteiger partial charge in [0.15, 0.2) is 5.78 Å². The van der Waals surface area contributed by atoms with Gasteiger partial charge in [-0.15, -0.1) is 23.5 Å². The average Bonchev–Trinajstić information content (AvgIpc) is 2.70. The van der Waals surface area contributed by atoms with Crippen LogP contribution in [-0.2, 0) is 25.8 Å². The summed E-state index contributed by atoms with van der Waals surface area (Å²) in [6.07, 6.45) is 0.0994. The third kappa shape index (κ3) is 7.07. The van der Waals surface area contributed by atoms with Crippen LogP contribution < -0.4 is 0 Å². The van der Waals surface area contributed by atoms with Crippen LogP contribution >= 0.6 is 23.5 Å². The number of rotatable bonds is 10. The van der Waals surface area contributed by atoms with Gasteiger partial charge in [0.2, 0.25) is 0 Å². The number of thioether (sulfide) groups is 2. The van der Waals surface area contributed by atoms with E-state index in [1.165, 1.54) is 24.4 Å². The highest BCUT2D eigenvalue weighted by Gasteiger charge is 2.35. The van der Waals surface area contributed by atoms with E-state index in [4.69, 9.17) is 4.74 Å². The molecule has 0 aliphatic carbocycles. The van der Waals surface area contributed by atoms with Gasteiger partial charge in [0.25, 0.3) is 0 Å². The van der Waals surface area contributed by atoms with Crippen LogP contribution in [0.3, 0.4) is 0 Å². The first kappa shape index (κ1) is 21.6. The van der Waals surface area contributed by atoms with Crippen LogP contribution in [0.1, 0.15) is 31.4 Å². The van der Waals surface area contributed by atoms with Gasteiger partial charge in [-0.3, -0.25) is 9.59 Å². The molecule has 3 nitrogen and oxygen atoms in total. The van der Waals surface area contributed by atoms with E-state index < -0.39 is 10.00 Å². The number of ether oxygens (including phenoxy) is 1. The maximum atomic E-state index is 13.2. The Balaban J connectivity index is 2.04. The summed E-state index contributed by atoms with van der Waals surface area (Å²) in [5.41, 5.74) is 2.32. The molecule has 0 spiro atoms. The van der Waals surface area contributed by atoms with Crippen LogP contribution in [0.5, 0.6) is 0 Å². The van der Waals surface area contributed by atoms with Crippen LogP contribution in [0, 0.1) is 0 Å². The lowest BCUT2D eigenvalue weighted by Crippen LogP contribution is -2.37. The van der Waals surface area contributed by atoms with Crippen LogP contribution in [0.2, 0.25) is 0 Å². The lowest BCUT2D eigenvalue weighted by atomic mass is 10.0. The number of methoxy groups -OCH3 is 1. The zero-order valence-electron chi connectivity index (χ0n) is 16.0. The highest BCUT2D eigenvalue weighted by molar-refractivity contribution is 8.02. The average molecular weight is 403 g/mol. The van der Waals surface area contributed by atoms with Gasteiger partial charge in [-0.05, 0) is 25.0 Å². The zero-order valence-corrected chi connectivity index (χ0v) is 17.6. The van der Waals surface area contributed by atoms with Crippen molar-refractivity contribution in [3.63, 3.8) is 0 Å². The van der Waals surface area contributed by atoms with E-state index in [0.717, 1.165) is 11.3 Å². The van der Waals surface area contributed by atoms with E-state index in [1.54, 1.807) is 11.8 Å². The SMILES string of the molecule is COC(=O)CC(SCc1ccccc1)C(=O)C(C)(C)SCc1ccccc1. The molecule has 2 aromatic rings. The topological polar surface area (TPSA) is 43.4 Å². The van der Waals surface area contributed by atoms with Crippen molar-refractivity contribution in [2.24, 2.45) is 0 Å². The van der Waals surface area contributed by atoms with Crippen molar-refractivity contribution >= 4 is 35.3 Å². The first-order chi connectivity index (χ1) is 12.9. The van der Waals surface area contributed by atoms with Crippen molar-refractivity contribution in [1.82, 2.24) is 0 Å². The number of ketones is 1. The van der Waals surface area contributed by atoms with E-state index in [-0.39, 0.29) is 18.2 Å². The molecule has 0 N–H and O–H groups in total. The van der Waals surface area contributed by atoms with E-state index in [0.29, 0.717) is 5.75 Å². The molecule has 2 aromatic carbocycles. The number of benzene rings is 2. The lowest BCUT2D eigenvalue weighted by molar-refractivity contribution is -0.141. The van der Waals surface area contributed by atoms with Gasteiger partial charge in [0.05, 0.1) is 23.5 Å². The summed E-state index contributed by atoms with van der Waals surface area (Å²) in [7, 11) is 1.36. The number of hydrogen-bond donors (Lipinski definition) is 0. The Morgan fingerprint density at radius 3 is 1.96 bits per heavy atom. The molecule has 0 fully saturated rings. The zero-order chi connectivity index (χ0) is 19.7. The Hall–Kier alpha value is -1.72. The van der Waals surface area contributed by atoms with Crippen molar-refractivity contribution < 1.29 is 14.3 Å². The van der Waals surface area contributed by atoms with E-state index >= 15 is 0 Å². The highest BCUT2D eigenvalue weighted by atomic mass is 32.2. The van der Waals surface area contributed by atoms with Crippen molar-refractivity contribution in [2.45, 2.75) is 41.8 Å². The minimum Gasteiger partial charge on any atom is -0.469 e. The monoisotopic (exact) mass is 402 g/mol. The summed E-state index contributed by atoms with van der Waals surface area (Å²) < 4.78 is 4.23. The highest BCUT2D eigenvalue weighted by Crippen LogP contribution is 2.34. The molecule has 0 heterocycles. The van der Waals surface area contributed by atoms with Crippen molar-refractivity contribution in [2.75, 3.05) is 7.11 Å². The van der Waals surface area contributed by atoms with Gasteiger partial charge in [-0.1, -0.05) is 60.7 Å². The number of Topliss-reactive ketones (excluding diaryl/α,β-unsaturated/α-hetero) is 1. The third-order valence-corrected chi connectivity index (χ3v) is 6.89. The summed E-state index contributed by atoms with van der Waals surface area (Å²) in [4.78, 5) is 25.1. The molecule has 0 bridgehead atoms. The Morgan fingerprint density at radius 1 is 0.926 bits per heavy atom. The Bertz CT molecular complexity index is 730. The first-order valence-corrected chi connectivity index (χ1v) is 10.9. The molecule has 0 saturated carbocycles. The summed E-state index contributed by atoms with van der Waals surface area (Å²) >= 11 is 3.12. The number of esters is 1. The smallest absolute Gasteiger partial charge is 0.307 e. The van der Waals surface area contributed by atoms with Gasteiger partial charge in [-0.25, -0.2) is 0 Å². The van der Waals surface area contributed by atoms with E-state index in [9.17, 15) is 9.59 Å². The Morgan fingerprint density at radius 2 is 1.44 bits per heavy atom. The van der Waals surface area contributed by atoms with Crippen LogP contribution in [0.4, 0.5) is 0 Å². The van der Waals surface area contributed by atoms with Crippen molar-refractivity contribution in [3.8, 4) is 0 Å². The summed E-state index contributed by atoms with van der Waals surface area (Å²) in [5.74, 6) is 1.18. The molecule has 27 heavy (non-hydrogen) atoms. The van der Waals surface area contributed by atoms with Gasteiger partial charge in [0, 0.05) is 11.5 Å². The van der Waals surface area contributed by atoms with Gasteiger partial charge < -0.3 is 4.74 Å². The quantitative estimate of drug-likeness (QED) is 0.515. The normalized spacial score (nSPS) is 12.4. The molecule has 0 aliphatic heterocycles. The van der Waals surface area contributed by atoms with Gasteiger partial charge >= 0.3 is 5.97 Å². The maximum Gasteiger partial charge on any atom is 0.307 e. The minimum absolute atomic E-state index is 0.0785. The molecule has 0 aromatic heterocycles. The van der Waals surface area contributed by atoms with Gasteiger partial charge in [-0.2, -0.15) is 0 Å². The lowest BCUT2D eigenvalue weighted by Gasteiger charge is -2.27. The number of hydrogen-bond acceptors (Lipinski definition) is 5. The molecular formula is C22H26O3S2. The molecule has 1 atom stereocenters. The summed E-state index contributed by atoms with van der Waals surface area (Å²) in [6.45, 7) is 3.88. The fraction of sp³-hybridized carbons (Fsp3) is 0.364. The van der Waals surface area contributed by atoms with Crippen molar-refractivity contribution in [1.29, 1.82) is 0 Å². The first-order valence-electron chi connectivity index (χ1n) is 8.87. The maximum absolute atomic E-state index is 13.2. The predicted octanol–water partition coefficient (Wildman–Crippen LogP) is 5.13. The predicted molar refractivity (Wildman–Crippen MR) is 115 cm³/mol. The molecule has 0 saturated heterocycles. The van der Waals surface area contributed by atoms with E-state index in [1.807, 2.05) is 62.4 Å². The van der Waals surface area contributed by atoms with Crippen LogP contribution in [0.15, 0.2) is 60.7 Å². The fourth-order valence-corrected chi connectivity index (χ4v) is 4.89. The fourth-order valence-electron chi connectivity index (χ4n) is 2.53. The van der Waals surface area contributed by atoms with Crippen molar-refractivity contribution in [3.05, 3.63) is 71.8 Å². The molecule has 1 unspecified atom stereocenters. The number of carbonyl (C=O) groups excluding carboxylic acids is 2. The van der Waals surface area contributed by atoms with Crippen LogP contribution in [0.25, 0.3) is 0 Å². The Kier molecular flexibility index (Phi) is 8.45. The second-order valence-electron chi connectivity index (χ2n) is 6.71. The number of carbonyl (C=O) groups is 2. The Labute approximate surface area is 170 Å². The second kappa shape index (κ2) is 10.6. The summed E-state index contributed by atoms with van der Waals surface area (Å²) in [6, 6.07) is 20.1. The molecular weight excluding hydrogens is 376 g/mol. The third-order valence-electron chi connectivity index (χ3n) is 4.20.